The van der Waals surface area contributed by atoms with Gasteiger partial charge in [0, 0.05) is 19.6 Å². The van der Waals surface area contributed by atoms with Crippen LogP contribution in [0, 0.1) is 11.6 Å². The number of benzene rings is 2. The number of hydrogen-bond acceptors (Lipinski definition) is 5. The van der Waals surface area contributed by atoms with Crippen molar-refractivity contribution in [3.8, 4) is 0 Å². The maximum Gasteiger partial charge on any atom is 0.123 e. The average molecular weight is 420 g/mol. The van der Waals surface area contributed by atoms with Crippen LogP contribution in [-0.4, -0.2) is 68.7 Å². The number of rotatable bonds is 11. The molecule has 0 radical (unpaired) electrons. The van der Waals surface area contributed by atoms with Crippen molar-refractivity contribution in [3.63, 3.8) is 0 Å². The van der Waals surface area contributed by atoms with E-state index in [4.69, 9.17) is 9.47 Å². The molecule has 1 fully saturated rings. The number of halogens is 2. The van der Waals surface area contributed by atoms with Gasteiger partial charge in [0.05, 0.1) is 25.9 Å². The van der Waals surface area contributed by atoms with E-state index in [-0.39, 0.29) is 18.2 Å². The Bertz CT molecular complexity index is 692. The fourth-order valence-electron chi connectivity index (χ4n) is 3.45. The molecular formula is C23H30F2N2O3. The molecule has 0 aromatic heterocycles. The van der Waals surface area contributed by atoms with Gasteiger partial charge >= 0.3 is 0 Å². The van der Waals surface area contributed by atoms with Gasteiger partial charge in [-0.2, -0.15) is 0 Å². The van der Waals surface area contributed by atoms with Crippen LogP contribution in [0.4, 0.5) is 8.78 Å². The Labute approximate surface area is 176 Å². The first-order valence-corrected chi connectivity index (χ1v) is 10.4. The van der Waals surface area contributed by atoms with Crippen LogP contribution in [0.3, 0.4) is 0 Å². The zero-order valence-electron chi connectivity index (χ0n) is 17.1. The summed E-state index contributed by atoms with van der Waals surface area (Å²) in [5, 5.41) is 13.5. The van der Waals surface area contributed by atoms with Crippen molar-refractivity contribution in [3.05, 3.63) is 71.3 Å². The molecule has 0 saturated carbocycles. The number of ether oxygens (including phenoxy) is 2. The first kappa shape index (κ1) is 22.8. The van der Waals surface area contributed by atoms with E-state index in [1.54, 1.807) is 24.3 Å². The molecule has 2 aromatic rings. The van der Waals surface area contributed by atoms with Crippen molar-refractivity contribution >= 4 is 0 Å². The number of nitrogens with zero attached hydrogens (tertiary/aromatic N) is 1. The third kappa shape index (κ3) is 7.41. The maximum absolute atomic E-state index is 13.3. The highest BCUT2D eigenvalue weighted by molar-refractivity contribution is 5.30. The lowest BCUT2D eigenvalue weighted by Crippen LogP contribution is -2.38. The van der Waals surface area contributed by atoms with Crippen molar-refractivity contribution in [1.82, 2.24) is 10.2 Å². The molecule has 1 aliphatic heterocycles. The van der Waals surface area contributed by atoms with E-state index in [1.165, 1.54) is 24.3 Å². The Morgan fingerprint density at radius 1 is 0.967 bits per heavy atom. The highest BCUT2D eigenvalue weighted by Gasteiger charge is 2.17. The van der Waals surface area contributed by atoms with Crippen LogP contribution >= 0.6 is 0 Å². The summed E-state index contributed by atoms with van der Waals surface area (Å²) >= 11 is 0. The summed E-state index contributed by atoms with van der Waals surface area (Å²) in [6.07, 6.45) is -0.194. The Morgan fingerprint density at radius 2 is 1.53 bits per heavy atom. The minimum atomic E-state index is -0.684. The van der Waals surface area contributed by atoms with Crippen LogP contribution in [0.5, 0.6) is 0 Å². The molecule has 0 spiro atoms. The fraction of sp³-hybridized carbons (Fsp3) is 0.478. The summed E-state index contributed by atoms with van der Waals surface area (Å²) in [7, 11) is 0. The highest BCUT2D eigenvalue weighted by atomic mass is 19.1. The van der Waals surface area contributed by atoms with E-state index in [0.29, 0.717) is 6.54 Å². The molecule has 0 aliphatic carbocycles. The fourth-order valence-corrected chi connectivity index (χ4v) is 3.45. The number of hydrogen-bond donors (Lipinski definition) is 2. The highest BCUT2D eigenvalue weighted by Crippen LogP contribution is 2.26. The van der Waals surface area contributed by atoms with Gasteiger partial charge in [0.1, 0.15) is 17.7 Å². The van der Waals surface area contributed by atoms with E-state index in [0.717, 1.165) is 56.9 Å². The molecule has 0 amide bonds. The Balaban J connectivity index is 1.44. The molecule has 0 unspecified atom stereocenters. The predicted octanol–water partition coefficient (Wildman–Crippen LogP) is 2.74. The molecule has 7 heteroatoms. The van der Waals surface area contributed by atoms with E-state index >= 15 is 0 Å². The molecule has 2 N–H and O–H groups in total. The number of aliphatic hydroxyl groups excluding tert-OH is 1. The zero-order valence-corrected chi connectivity index (χ0v) is 17.1. The summed E-state index contributed by atoms with van der Waals surface area (Å²) in [6, 6.07) is 12.0. The lowest BCUT2D eigenvalue weighted by molar-refractivity contribution is 0.00637. The molecule has 1 saturated heterocycles. The third-order valence-electron chi connectivity index (χ3n) is 5.11. The molecule has 164 valence electrons. The first-order valence-electron chi connectivity index (χ1n) is 10.4. The van der Waals surface area contributed by atoms with Crippen molar-refractivity contribution in [2.75, 3.05) is 52.5 Å². The first-order chi connectivity index (χ1) is 14.6. The van der Waals surface area contributed by atoms with Crippen molar-refractivity contribution in [1.29, 1.82) is 0 Å². The number of aliphatic hydroxyl groups is 1. The Hall–Kier alpha value is -1.90. The summed E-state index contributed by atoms with van der Waals surface area (Å²) in [6.45, 7) is 5.90. The molecule has 0 bridgehead atoms. The van der Waals surface area contributed by atoms with Crippen molar-refractivity contribution < 1.29 is 23.4 Å². The van der Waals surface area contributed by atoms with Gasteiger partial charge < -0.3 is 19.9 Å². The SMILES string of the molecule is O[C@@H](CNCCCN1CCOCC1)COC(c1ccc(F)cc1)c1ccc(F)cc1. The van der Waals surface area contributed by atoms with E-state index in [1.807, 2.05) is 0 Å². The van der Waals surface area contributed by atoms with Crippen molar-refractivity contribution in [2.24, 2.45) is 0 Å². The van der Waals surface area contributed by atoms with E-state index < -0.39 is 12.2 Å². The van der Waals surface area contributed by atoms with Gasteiger partial charge in [0.2, 0.25) is 0 Å². The Morgan fingerprint density at radius 3 is 2.10 bits per heavy atom. The minimum absolute atomic E-state index is 0.107. The van der Waals surface area contributed by atoms with Gasteiger partial charge in [-0.25, -0.2) is 8.78 Å². The van der Waals surface area contributed by atoms with Crippen LogP contribution in [0.2, 0.25) is 0 Å². The number of nitrogens with one attached hydrogen (secondary N) is 1. The van der Waals surface area contributed by atoms with Crippen LogP contribution in [0.1, 0.15) is 23.7 Å². The average Bonchev–Trinajstić information content (AvgIpc) is 2.77. The minimum Gasteiger partial charge on any atom is -0.389 e. The Kier molecular flexibility index (Phi) is 9.17. The van der Waals surface area contributed by atoms with Gasteiger partial charge in [-0.05, 0) is 54.9 Å². The third-order valence-corrected chi connectivity index (χ3v) is 5.11. The van der Waals surface area contributed by atoms with Crippen LogP contribution < -0.4 is 5.32 Å². The topological polar surface area (TPSA) is 54.0 Å². The lowest BCUT2D eigenvalue weighted by Gasteiger charge is -2.26. The molecule has 1 heterocycles. The van der Waals surface area contributed by atoms with Gasteiger partial charge in [-0.15, -0.1) is 0 Å². The zero-order chi connectivity index (χ0) is 21.2. The maximum atomic E-state index is 13.3. The second-order valence-electron chi connectivity index (χ2n) is 7.48. The molecule has 3 rings (SSSR count). The predicted molar refractivity (Wildman–Crippen MR) is 111 cm³/mol. The smallest absolute Gasteiger partial charge is 0.123 e. The lowest BCUT2D eigenvalue weighted by atomic mass is 10.0. The summed E-state index contributed by atoms with van der Waals surface area (Å²) in [4.78, 5) is 2.38. The van der Waals surface area contributed by atoms with E-state index in [9.17, 15) is 13.9 Å². The largest absolute Gasteiger partial charge is 0.389 e. The molecule has 5 nitrogen and oxygen atoms in total. The van der Waals surface area contributed by atoms with Gasteiger partial charge in [0.15, 0.2) is 0 Å². The van der Waals surface area contributed by atoms with Gasteiger partial charge in [-0.1, -0.05) is 24.3 Å². The van der Waals surface area contributed by atoms with Crippen molar-refractivity contribution in [2.45, 2.75) is 18.6 Å². The molecule has 2 aromatic carbocycles. The number of morpholine rings is 1. The quantitative estimate of drug-likeness (QED) is 0.548. The van der Waals surface area contributed by atoms with Crippen LogP contribution in [-0.2, 0) is 9.47 Å². The normalized spacial score (nSPS) is 16.1. The molecule has 1 atom stereocenters. The summed E-state index contributed by atoms with van der Waals surface area (Å²) in [5.74, 6) is -0.671. The molecular weight excluding hydrogens is 390 g/mol. The van der Waals surface area contributed by atoms with Crippen LogP contribution in [0.25, 0.3) is 0 Å². The second kappa shape index (κ2) is 12.1. The second-order valence-corrected chi connectivity index (χ2v) is 7.48. The molecule has 1 aliphatic rings. The van der Waals surface area contributed by atoms with Crippen LogP contribution in [0.15, 0.2) is 48.5 Å². The van der Waals surface area contributed by atoms with Gasteiger partial charge in [-0.3, -0.25) is 4.90 Å². The molecule has 30 heavy (non-hydrogen) atoms. The standard InChI is InChI=1S/C23H30F2N2O3/c24-20-6-2-18(3-7-20)23(19-4-8-21(25)9-5-19)30-17-22(28)16-26-10-1-11-27-12-14-29-15-13-27/h2-9,22-23,26,28H,1,10-17H2/t22-/m0/s1. The van der Waals surface area contributed by atoms with E-state index in [2.05, 4.69) is 10.2 Å². The van der Waals surface area contributed by atoms with Gasteiger partial charge in [0.25, 0.3) is 0 Å². The monoisotopic (exact) mass is 420 g/mol. The summed E-state index contributed by atoms with van der Waals surface area (Å²) in [5.41, 5.74) is 1.49. The summed E-state index contributed by atoms with van der Waals surface area (Å²) < 4.78 is 37.9.